The van der Waals surface area contributed by atoms with Crippen LogP contribution < -0.4 is 14.8 Å². The van der Waals surface area contributed by atoms with Gasteiger partial charge in [-0.1, -0.05) is 12.1 Å². The van der Waals surface area contributed by atoms with E-state index >= 15 is 0 Å². The van der Waals surface area contributed by atoms with E-state index in [9.17, 15) is 9.59 Å². The lowest BCUT2D eigenvalue weighted by Gasteiger charge is -2.17. The summed E-state index contributed by atoms with van der Waals surface area (Å²) in [6, 6.07) is 14.3. The molecule has 0 saturated heterocycles. The quantitative estimate of drug-likeness (QED) is 0.710. The molecule has 6 nitrogen and oxygen atoms in total. The lowest BCUT2D eigenvalue weighted by atomic mass is 10.3. The Morgan fingerprint density at radius 1 is 1.04 bits per heavy atom. The first-order valence-corrected chi connectivity index (χ1v) is 8.93. The van der Waals surface area contributed by atoms with Crippen molar-refractivity contribution < 1.29 is 19.1 Å². The summed E-state index contributed by atoms with van der Waals surface area (Å²) in [7, 11) is 1.56. The van der Waals surface area contributed by atoms with E-state index in [1.807, 2.05) is 25.1 Å². The van der Waals surface area contributed by atoms with Gasteiger partial charge in [0.15, 0.2) is 6.61 Å². The second-order valence-corrected chi connectivity index (χ2v) is 6.33. The standard InChI is InChI=1S/C19H21BrN2O4/c1-3-25-14-8-10-15(11-9-14)26-13-19(24)22(2)12-18(23)21-17-7-5-4-6-16(17)20/h4-11H,3,12-13H2,1-2H3,(H,21,23). The molecule has 1 N–H and O–H groups in total. The summed E-state index contributed by atoms with van der Waals surface area (Å²) < 4.78 is 11.6. The van der Waals surface area contributed by atoms with Crippen LogP contribution in [-0.4, -0.2) is 43.5 Å². The van der Waals surface area contributed by atoms with Crippen LogP contribution in [0.5, 0.6) is 11.5 Å². The third-order valence-corrected chi connectivity index (χ3v) is 4.14. The van der Waals surface area contributed by atoms with Crippen molar-refractivity contribution in [1.82, 2.24) is 4.90 Å². The maximum atomic E-state index is 12.1. The van der Waals surface area contributed by atoms with Crippen molar-refractivity contribution in [3.63, 3.8) is 0 Å². The second-order valence-electron chi connectivity index (χ2n) is 5.47. The van der Waals surface area contributed by atoms with Gasteiger partial charge in [-0.2, -0.15) is 0 Å². The fourth-order valence-electron chi connectivity index (χ4n) is 2.11. The van der Waals surface area contributed by atoms with Gasteiger partial charge in [0.1, 0.15) is 11.5 Å². The Bertz CT molecular complexity index is 749. The minimum atomic E-state index is -0.291. The van der Waals surface area contributed by atoms with Crippen LogP contribution in [-0.2, 0) is 9.59 Å². The molecule has 0 unspecified atom stereocenters. The zero-order valence-corrected chi connectivity index (χ0v) is 16.3. The molecule has 7 heteroatoms. The van der Waals surface area contributed by atoms with Crippen LogP contribution in [0.2, 0.25) is 0 Å². The van der Waals surface area contributed by atoms with Gasteiger partial charge < -0.3 is 19.7 Å². The van der Waals surface area contributed by atoms with Crippen molar-refractivity contribution in [3.05, 3.63) is 53.0 Å². The van der Waals surface area contributed by atoms with Crippen LogP contribution in [0.15, 0.2) is 53.0 Å². The number of carbonyl (C=O) groups is 2. The zero-order chi connectivity index (χ0) is 18.9. The van der Waals surface area contributed by atoms with E-state index in [0.29, 0.717) is 18.0 Å². The Kier molecular flexibility index (Phi) is 7.47. The maximum absolute atomic E-state index is 12.1. The predicted octanol–water partition coefficient (Wildman–Crippen LogP) is 3.32. The van der Waals surface area contributed by atoms with E-state index < -0.39 is 0 Å². The van der Waals surface area contributed by atoms with Crippen molar-refractivity contribution in [2.75, 3.05) is 32.1 Å². The highest BCUT2D eigenvalue weighted by molar-refractivity contribution is 9.10. The lowest BCUT2D eigenvalue weighted by Crippen LogP contribution is -2.37. The Morgan fingerprint density at radius 2 is 1.65 bits per heavy atom. The molecule has 0 saturated carbocycles. The third-order valence-electron chi connectivity index (χ3n) is 3.45. The van der Waals surface area contributed by atoms with Gasteiger partial charge in [0.25, 0.3) is 5.91 Å². The molecule has 2 amide bonds. The molecule has 2 rings (SSSR count). The molecule has 0 aromatic heterocycles. The van der Waals surface area contributed by atoms with E-state index in [-0.39, 0.29) is 25.0 Å². The van der Waals surface area contributed by atoms with Crippen molar-refractivity contribution in [2.24, 2.45) is 0 Å². The molecule has 2 aromatic rings. The lowest BCUT2D eigenvalue weighted by molar-refractivity contribution is -0.135. The maximum Gasteiger partial charge on any atom is 0.260 e. The number of hydrogen-bond acceptors (Lipinski definition) is 4. The molecule has 138 valence electrons. The van der Waals surface area contributed by atoms with Gasteiger partial charge in [0.2, 0.25) is 5.91 Å². The number of halogens is 1. The number of nitrogens with zero attached hydrogens (tertiary/aromatic N) is 1. The predicted molar refractivity (Wildman–Crippen MR) is 104 cm³/mol. The van der Waals surface area contributed by atoms with Crippen molar-refractivity contribution in [3.8, 4) is 11.5 Å². The summed E-state index contributed by atoms with van der Waals surface area (Å²) in [4.78, 5) is 25.5. The van der Waals surface area contributed by atoms with Crippen LogP contribution in [0.3, 0.4) is 0 Å². The van der Waals surface area contributed by atoms with Crippen LogP contribution >= 0.6 is 15.9 Å². The third kappa shape index (κ3) is 6.07. The van der Waals surface area contributed by atoms with E-state index in [4.69, 9.17) is 9.47 Å². The molecule has 0 spiro atoms. The van der Waals surface area contributed by atoms with Gasteiger partial charge in [0, 0.05) is 11.5 Å². The summed E-state index contributed by atoms with van der Waals surface area (Å²) in [6.45, 7) is 2.29. The largest absolute Gasteiger partial charge is 0.494 e. The molecular formula is C19H21BrN2O4. The van der Waals surface area contributed by atoms with E-state index in [0.717, 1.165) is 10.2 Å². The molecule has 0 aliphatic heterocycles. The minimum Gasteiger partial charge on any atom is -0.494 e. The normalized spacial score (nSPS) is 10.1. The highest BCUT2D eigenvalue weighted by atomic mass is 79.9. The highest BCUT2D eigenvalue weighted by Gasteiger charge is 2.14. The smallest absolute Gasteiger partial charge is 0.260 e. The first-order chi connectivity index (χ1) is 12.5. The van der Waals surface area contributed by atoms with Crippen molar-refractivity contribution in [1.29, 1.82) is 0 Å². The van der Waals surface area contributed by atoms with Crippen molar-refractivity contribution in [2.45, 2.75) is 6.92 Å². The topological polar surface area (TPSA) is 67.9 Å². The minimum absolute atomic E-state index is 0.0627. The van der Waals surface area contributed by atoms with Gasteiger partial charge in [-0.25, -0.2) is 0 Å². The summed E-state index contributed by atoms with van der Waals surface area (Å²) in [5.74, 6) is 0.731. The Labute approximate surface area is 161 Å². The zero-order valence-electron chi connectivity index (χ0n) is 14.7. The number of anilines is 1. The van der Waals surface area contributed by atoms with Crippen LogP contribution in [0.25, 0.3) is 0 Å². The monoisotopic (exact) mass is 420 g/mol. The molecular weight excluding hydrogens is 400 g/mol. The fourth-order valence-corrected chi connectivity index (χ4v) is 2.49. The number of amides is 2. The SMILES string of the molecule is CCOc1ccc(OCC(=O)N(C)CC(=O)Nc2ccccc2Br)cc1. The number of nitrogens with one attached hydrogen (secondary N) is 1. The summed E-state index contributed by atoms with van der Waals surface area (Å²) in [6.07, 6.45) is 0. The van der Waals surface area contributed by atoms with E-state index in [2.05, 4.69) is 21.2 Å². The second kappa shape index (κ2) is 9.82. The van der Waals surface area contributed by atoms with E-state index in [1.165, 1.54) is 4.90 Å². The number of rotatable bonds is 8. The van der Waals surface area contributed by atoms with Gasteiger partial charge in [-0.15, -0.1) is 0 Å². The van der Waals surface area contributed by atoms with Crippen LogP contribution in [0.4, 0.5) is 5.69 Å². The number of para-hydroxylation sites is 1. The van der Waals surface area contributed by atoms with Crippen LogP contribution in [0, 0.1) is 0 Å². The average molecular weight is 421 g/mol. The van der Waals surface area contributed by atoms with Gasteiger partial charge in [-0.3, -0.25) is 9.59 Å². The van der Waals surface area contributed by atoms with Crippen molar-refractivity contribution >= 4 is 33.4 Å². The number of benzene rings is 2. The molecule has 0 heterocycles. The number of ether oxygens (including phenoxy) is 2. The summed E-state index contributed by atoms with van der Waals surface area (Å²) in [5, 5.41) is 2.75. The molecule has 26 heavy (non-hydrogen) atoms. The Morgan fingerprint density at radius 3 is 2.27 bits per heavy atom. The Hall–Kier alpha value is -2.54. The number of carbonyl (C=O) groups excluding carboxylic acids is 2. The summed E-state index contributed by atoms with van der Waals surface area (Å²) in [5.41, 5.74) is 0.656. The molecule has 0 atom stereocenters. The first-order valence-electron chi connectivity index (χ1n) is 8.13. The van der Waals surface area contributed by atoms with E-state index in [1.54, 1.807) is 37.4 Å². The molecule has 0 aliphatic carbocycles. The number of hydrogen-bond donors (Lipinski definition) is 1. The van der Waals surface area contributed by atoms with Gasteiger partial charge >= 0.3 is 0 Å². The Balaban J connectivity index is 1.79. The molecule has 0 radical (unpaired) electrons. The average Bonchev–Trinajstić information content (AvgIpc) is 2.63. The van der Waals surface area contributed by atoms with Crippen LogP contribution in [0.1, 0.15) is 6.92 Å². The van der Waals surface area contributed by atoms with Gasteiger partial charge in [-0.05, 0) is 59.3 Å². The summed E-state index contributed by atoms with van der Waals surface area (Å²) >= 11 is 3.36. The van der Waals surface area contributed by atoms with Gasteiger partial charge in [0.05, 0.1) is 18.8 Å². The highest BCUT2D eigenvalue weighted by Crippen LogP contribution is 2.21. The molecule has 0 aliphatic rings. The fraction of sp³-hybridized carbons (Fsp3) is 0.263. The molecule has 0 fully saturated rings. The number of likely N-dealkylation sites (N-methyl/N-ethyl adjacent to an activating group) is 1. The first kappa shape index (κ1) is 19.8. The molecule has 2 aromatic carbocycles. The molecule has 0 bridgehead atoms.